The summed E-state index contributed by atoms with van der Waals surface area (Å²) in [7, 11) is 0. The number of benzene rings is 1. The lowest BCUT2D eigenvalue weighted by Gasteiger charge is -2.11. The molecule has 0 aliphatic carbocycles. The summed E-state index contributed by atoms with van der Waals surface area (Å²) >= 11 is 1.85. The number of fused-ring (bicyclic) bond motifs is 1. The second kappa shape index (κ2) is 5.75. The molecule has 0 fully saturated rings. The summed E-state index contributed by atoms with van der Waals surface area (Å²) < 4.78 is 11.3. The Morgan fingerprint density at radius 3 is 2.65 bits per heavy atom. The van der Waals surface area contributed by atoms with Crippen molar-refractivity contribution in [2.24, 2.45) is 0 Å². The summed E-state index contributed by atoms with van der Waals surface area (Å²) in [6.07, 6.45) is 0.935. The van der Waals surface area contributed by atoms with Crippen LogP contribution in [0.4, 0.5) is 5.69 Å². The quantitative estimate of drug-likeness (QED) is 0.921. The lowest BCUT2D eigenvalue weighted by molar-refractivity contribution is 0.297. The van der Waals surface area contributed by atoms with E-state index in [1.807, 2.05) is 29.5 Å². The Hall–Kier alpha value is -1.68. The molecule has 0 amide bonds. The molecule has 3 nitrogen and oxygen atoms in total. The lowest BCUT2D eigenvalue weighted by Crippen LogP contribution is -2.00. The second-order valence-electron chi connectivity index (χ2n) is 5.00. The SMILES string of the molecule is Cc1cc(CNc2ccc3c(c2)OCCCO3)c(C)s1. The van der Waals surface area contributed by atoms with Crippen molar-refractivity contribution in [2.45, 2.75) is 26.8 Å². The Labute approximate surface area is 123 Å². The van der Waals surface area contributed by atoms with Crippen LogP contribution in [0.3, 0.4) is 0 Å². The molecule has 4 heteroatoms. The maximum atomic E-state index is 5.71. The summed E-state index contributed by atoms with van der Waals surface area (Å²) in [6, 6.07) is 8.29. The second-order valence-corrected chi connectivity index (χ2v) is 6.46. The lowest BCUT2D eigenvalue weighted by atomic mass is 10.2. The number of hydrogen-bond acceptors (Lipinski definition) is 4. The van der Waals surface area contributed by atoms with Crippen LogP contribution in [0.15, 0.2) is 24.3 Å². The van der Waals surface area contributed by atoms with Gasteiger partial charge < -0.3 is 14.8 Å². The number of aryl methyl sites for hydroxylation is 2. The number of nitrogens with one attached hydrogen (secondary N) is 1. The molecule has 1 aromatic carbocycles. The van der Waals surface area contributed by atoms with Gasteiger partial charge in [0.2, 0.25) is 0 Å². The highest BCUT2D eigenvalue weighted by molar-refractivity contribution is 7.12. The molecule has 2 aromatic rings. The molecule has 106 valence electrons. The van der Waals surface area contributed by atoms with E-state index in [2.05, 4.69) is 25.2 Å². The first kappa shape index (κ1) is 13.3. The van der Waals surface area contributed by atoms with Gasteiger partial charge in [-0.2, -0.15) is 0 Å². The van der Waals surface area contributed by atoms with Crippen molar-refractivity contribution >= 4 is 17.0 Å². The van der Waals surface area contributed by atoms with E-state index in [9.17, 15) is 0 Å². The Kier molecular flexibility index (Phi) is 3.83. The predicted octanol–water partition coefficient (Wildman–Crippen LogP) is 4.14. The minimum Gasteiger partial charge on any atom is -0.490 e. The molecule has 0 unspecified atom stereocenters. The van der Waals surface area contributed by atoms with Crippen molar-refractivity contribution in [1.29, 1.82) is 0 Å². The maximum Gasteiger partial charge on any atom is 0.163 e. The fourth-order valence-electron chi connectivity index (χ4n) is 2.33. The number of thiophene rings is 1. The van der Waals surface area contributed by atoms with E-state index < -0.39 is 0 Å². The maximum absolute atomic E-state index is 5.71. The Morgan fingerprint density at radius 1 is 1.10 bits per heavy atom. The standard InChI is InChI=1S/C16H19NO2S/c1-11-8-13(12(2)20-11)10-17-14-4-5-15-16(9-14)19-7-3-6-18-15/h4-5,8-9,17H,3,6-7,10H2,1-2H3. The van der Waals surface area contributed by atoms with Crippen LogP contribution in [0.2, 0.25) is 0 Å². The number of ether oxygens (including phenoxy) is 2. The number of anilines is 1. The van der Waals surface area contributed by atoms with Crippen LogP contribution >= 0.6 is 11.3 Å². The highest BCUT2D eigenvalue weighted by Crippen LogP contribution is 2.32. The van der Waals surface area contributed by atoms with E-state index in [4.69, 9.17) is 9.47 Å². The highest BCUT2D eigenvalue weighted by atomic mass is 32.1. The first-order valence-electron chi connectivity index (χ1n) is 6.92. The largest absolute Gasteiger partial charge is 0.490 e. The molecule has 3 rings (SSSR count). The van der Waals surface area contributed by atoms with Gasteiger partial charge in [0.05, 0.1) is 13.2 Å². The highest BCUT2D eigenvalue weighted by Gasteiger charge is 2.10. The molecular weight excluding hydrogens is 270 g/mol. The summed E-state index contributed by atoms with van der Waals surface area (Å²) in [5.41, 5.74) is 2.43. The van der Waals surface area contributed by atoms with E-state index in [0.29, 0.717) is 0 Å². The molecule has 2 heterocycles. The topological polar surface area (TPSA) is 30.5 Å². The molecule has 0 saturated carbocycles. The van der Waals surface area contributed by atoms with Gasteiger partial charge in [0.1, 0.15) is 0 Å². The van der Waals surface area contributed by atoms with Crippen molar-refractivity contribution in [2.75, 3.05) is 18.5 Å². The van der Waals surface area contributed by atoms with Crippen LogP contribution in [-0.4, -0.2) is 13.2 Å². The Bertz CT molecular complexity index is 607. The Morgan fingerprint density at radius 2 is 1.90 bits per heavy atom. The minimum atomic E-state index is 0.722. The molecule has 1 N–H and O–H groups in total. The molecule has 1 aromatic heterocycles. The Balaban J connectivity index is 1.72. The van der Waals surface area contributed by atoms with Gasteiger partial charge in [-0.1, -0.05) is 0 Å². The van der Waals surface area contributed by atoms with E-state index in [1.54, 1.807) is 0 Å². The van der Waals surface area contributed by atoms with E-state index in [-0.39, 0.29) is 0 Å². The molecule has 1 aliphatic rings. The third kappa shape index (κ3) is 2.90. The zero-order valence-electron chi connectivity index (χ0n) is 11.9. The fourth-order valence-corrected chi connectivity index (χ4v) is 3.28. The molecular formula is C16H19NO2S. The van der Waals surface area contributed by atoms with Gasteiger partial charge in [0.25, 0.3) is 0 Å². The van der Waals surface area contributed by atoms with Crippen LogP contribution in [-0.2, 0) is 6.54 Å². The summed E-state index contributed by atoms with van der Waals surface area (Å²) in [4.78, 5) is 2.74. The third-order valence-electron chi connectivity index (χ3n) is 3.37. The van der Waals surface area contributed by atoms with Crippen LogP contribution in [0, 0.1) is 13.8 Å². The smallest absolute Gasteiger partial charge is 0.163 e. The van der Waals surface area contributed by atoms with Crippen LogP contribution in [0.25, 0.3) is 0 Å². The van der Waals surface area contributed by atoms with E-state index in [1.165, 1.54) is 15.3 Å². The fraction of sp³-hybridized carbons (Fsp3) is 0.375. The van der Waals surface area contributed by atoms with E-state index >= 15 is 0 Å². The van der Waals surface area contributed by atoms with Crippen molar-refractivity contribution < 1.29 is 9.47 Å². The number of rotatable bonds is 3. The summed E-state index contributed by atoms with van der Waals surface area (Å²) in [5, 5.41) is 3.46. The van der Waals surface area contributed by atoms with Gasteiger partial charge in [-0.05, 0) is 37.6 Å². The zero-order valence-corrected chi connectivity index (χ0v) is 12.7. The summed E-state index contributed by atoms with van der Waals surface area (Å²) in [5.74, 6) is 1.68. The van der Waals surface area contributed by atoms with Gasteiger partial charge in [-0.25, -0.2) is 0 Å². The van der Waals surface area contributed by atoms with Crippen molar-refractivity contribution in [3.05, 3.63) is 39.6 Å². The third-order valence-corrected chi connectivity index (χ3v) is 4.38. The molecule has 0 spiro atoms. The van der Waals surface area contributed by atoms with Gasteiger partial charge >= 0.3 is 0 Å². The molecule has 1 aliphatic heterocycles. The van der Waals surface area contributed by atoms with E-state index in [0.717, 1.165) is 43.4 Å². The van der Waals surface area contributed by atoms with Gasteiger partial charge in [-0.15, -0.1) is 11.3 Å². The first-order chi connectivity index (χ1) is 9.72. The first-order valence-corrected chi connectivity index (χ1v) is 7.73. The number of hydrogen-bond donors (Lipinski definition) is 1. The average molecular weight is 289 g/mol. The normalized spacial score (nSPS) is 13.9. The predicted molar refractivity (Wildman–Crippen MR) is 83.2 cm³/mol. The monoisotopic (exact) mass is 289 g/mol. The molecule has 0 radical (unpaired) electrons. The van der Waals surface area contributed by atoms with Crippen molar-refractivity contribution in [1.82, 2.24) is 0 Å². The zero-order chi connectivity index (χ0) is 13.9. The van der Waals surface area contributed by atoms with Gasteiger partial charge in [0, 0.05) is 34.5 Å². The van der Waals surface area contributed by atoms with Crippen LogP contribution in [0.5, 0.6) is 11.5 Å². The molecule has 0 saturated heterocycles. The minimum absolute atomic E-state index is 0.722. The van der Waals surface area contributed by atoms with Crippen molar-refractivity contribution in [3.63, 3.8) is 0 Å². The summed E-state index contributed by atoms with van der Waals surface area (Å²) in [6.45, 7) is 6.61. The molecule has 0 bridgehead atoms. The van der Waals surface area contributed by atoms with Gasteiger partial charge in [-0.3, -0.25) is 0 Å². The van der Waals surface area contributed by atoms with Crippen LogP contribution in [0.1, 0.15) is 21.7 Å². The van der Waals surface area contributed by atoms with Crippen LogP contribution < -0.4 is 14.8 Å². The average Bonchev–Trinajstić information content (AvgIpc) is 2.64. The molecule has 0 atom stereocenters. The van der Waals surface area contributed by atoms with Crippen molar-refractivity contribution in [3.8, 4) is 11.5 Å². The molecule has 20 heavy (non-hydrogen) atoms. The van der Waals surface area contributed by atoms with Gasteiger partial charge in [0.15, 0.2) is 11.5 Å².